The van der Waals surface area contributed by atoms with Crippen molar-refractivity contribution in [3.63, 3.8) is 0 Å². The van der Waals surface area contributed by atoms with Crippen molar-refractivity contribution in [1.29, 1.82) is 0 Å². The van der Waals surface area contributed by atoms with Crippen molar-refractivity contribution in [1.82, 2.24) is 15.2 Å². The molecule has 2 fully saturated rings. The van der Waals surface area contributed by atoms with Crippen molar-refractivity contribution in [2.75, 3.05) is 11.9 Å². The van der Waals surface area contributed by atoms with Crippen LogP contribution in [0.1, 0.15) is 43.9 Å². The van der Waals surface area contributed by atoms with Crippen LogP contribution in [0.3, 0.4) is 0 Å². The number of thiazole rings is 1. The average Bonchev–Trinajstić information content (AvgIpc) is 3.00. The predicted molar refractivity (Wildman–Crippen MR) is 81.2 cm³/mol. The van der Waals surface area contributed by atoms with Gasteiger partial charge in [0.1, 0.15) is 5.54 Å². The largest absolute Gasteiger partial charge is 0.362 e. The second-order valence-electron chi connectivity index (χ2n) is 5.63. The number of amides is 3. The molecule has 0 unspecified atom stereocenters. The van der Waals surface area contributed by atoms with E-state index in [9.17, 15) is 9.59 Å². The number of aromatic nitrogens is 1. The zero-order chi connectivity index (χ0) is 14.9. The van der Waals surface area contributed by atoms with E-state index in [1.165, 1.54) is 16.2 Å². The first-order chi connectivity index (χ1) is 10.1. The van der Waals surface area contributed by atoms with Crippen molar-refractivity contribution in [2.45, 2.75) is 51.1 Å². The molecule has 1 saturated carbocycles. The molecule has 3 amide bonds. The van der Waals surface area contributed by atoms with E-state index >= 15 is 0 Å². The lowest BCUT2D eigenvalue weighted by atomic mass is 9.82. The third-order valence-corrected chi connectivity index (χ3v) is 5.09. The van der Waals surface area contributed by atoms with Crippen LogP contribution in [-0.4, -0.2) is 33.9 Å². The molecule has 0 radical (unpaired) electrons. The van der Waals surface area contributed by atoms with Crippen LogP contribution in [-0.2, 0) is 11.3 Å². The molecule has 21 heavy (non-hydrogen) atoms. The maximum absolute atomic E-state index is 12.6. The highest BCUT2D eigenvalue weighted by atomic mass is 32.1. The van der Waals surface area contributed by atoms with Gasteiger partial charge in [-0.15, -0.1) is 11.3 Å². The van der Waals surface area contributed by atoms with Crippen LogP contribution in [0.4, 0.5) is 9.93 Å². The number of carbonyl (C=O) groups is 2. The van der Waals surface area contributed by atoms with E-state index in [-0.39, 0.29) is 11.9 Å². The first-order valence-corrected chi connectivity index (χ1v) is 8.29. The summed E-state index contributed by atoms with van der Waals surface area (Å²) >= 11 is 1.49. The van der Waals surface area contributed by atoms with Gasteiger partial charge in [0.15, 0.2) is 5.13 Å². The Morgan fingerprint density at radius 3 is 2.86 bits per heavy atom. The number of anilines is 1. The smallest absolute Gasteiger partial charge is 0.325 e. The molecule has 1 aliphatic heterocycles. The van der Waals surface area contributed by atoms with Gasteiger partial charge in [0.05, 0.1) is 6.54 Å². The molecule has 114 valence electrons. The fourth-order valence-corrected chi connectivity index (χ4v) is 3.95. The molecular formula is C14H20N4O2S. The van der Waals surface area contributed by atoms with Crippen molar-refractivity contribution < 1.29 is 9.59 Å². The Kier molecular flexibility index (Phi) is 3.84. The van der Waals surface area contributed by atoms with Gasteiger partial charge in [-0.3, -0.25) is 9.69 Å². The maximum atomic E-state index is 12.6. The summed E-state index contributed by atoms with van der Waals surface area (Å²) in [5.41, 5.74) is -0.634. The van der Waals surface area contributed by atoms with Crippen LogP contribution in [0.15, 0.2) is 6.20 Å². The second-order valence-corrected chi connectivity index (χ2v) is 6.74. The molecule has 7 heteroatoms. The minimum Gasteiger partial charge on any atom is -0.362 e. The third kappa shape index (κ3) is 2.62. The molecule has 1 aromatic rings. The van der Waals surface area contributed by atoms with E-state index in [2.05, 4.69) is 15.6 Å². The van der Waals surface area contributed by atoms with Crippen LogP contribution >= 0.6 is 11.3 Å². The summed E-state index contributed by atoms with van der Waals surface area (Å²) in [6.45, 7) is 3.13. The highest BCUT2D eigenvalue weighted by molar-refractivity contribution is 7.15. The molecule has 6 nitrogen and oxygen atoms in total. The highest BCUT2D eigenvalue weighted by Gasteiger charge is 2.51. The van der Waals surface area contributed by atoms with Gasteiger partial charge in [-0.2, -0.15) is 0 Å². The second kappa shape index (κ2) is 5.63. The van der Waals surface area contributed by atoms with Gasteiger partial charge in [-0.1, -0.05) is 19.3 Å². The number of nitrogens with zero attached hydrogens (tertiary/aromatic N) is 2. The summed E-state index contributed by atoms with van der Waals surface area (Å²) in [6, 6.07) is -0.264. The Balaban J connectivity index is 1.72. The quantitative estimate of drug-likeness (QED) is 0.837. The van der Waals surface area contributed by atoms with Crippen LogP contribution < -0.4 is 10.6 Å². The van der Waals surface area contributed by atoms with Gasteiger partial charge in [0, 0.05) is 17.6 Å². The number of urea groups is 1. The lowest BCUT2D eigenvalue weighted by Crippen LogP contribution is -2.48. The van der Waals surface area contributed by atoms with Crippen molar-refractivity contribution in [3.05, 3.63) is 11.1 Å². The topological polar surface area (TPSA) is 74.3 Å². The maximum Gasteiger partial charge on any atom is 0.325 e. The van der Waals surface area contributed by atoms with Crippen LogP contribution in [0, 0.1) is 0 Å². The number of rotatable bonds is 4. The predicted octanol–water partition coefficient (Wildman–Crippen LogP) is 2.33. The molecule has 1 aromatic heterocycles. The minimum atomic E-state index is -0.634. The Bertz CT molecular complexity index is 551. The van der Waals surface area contributed by atoms with E-state index in [0.717, 1.165) is 48.7 Å². The van der Waals surface area contributed by atoms with Crippen LogP contribution in [0.5, 0.6) is 0 Å². The summed E-state index contributed by atoms with van der Waals surface area (Å²) in [4.78, 5) is 31.3. The molecule has 2 aliphatic rings. The zero-order valence-corrected chi connectivity index (χ0v) is 13.0. The molecule has 2 N–H and O–H groups in total. The van der Waals surface area contributed by atoms with Crippen LogP contribution in [0.2, 0.25) is 0 Å². The number of carbonyl (C=O) groups excluding carboxylic acids is 2. The Morgan fingerprint density at radius 1 is 1.38 bits per heavy atom. The molecule has 0 atom stereocenters. The molecule has 1 spiro atoms. The average molecular weight is 308 g/mol. The Hall–Kier alpha value is -1.63. The normalized spacial score (nSPS) is 20.9. The van der Waals surface area contributed by atoms with E-state index in [4.69, 9.17) is 0 Å². The lowest BCUT2D eigenvalue weighted by molar-refractivity contribution is -0.132. The van der Waals surface area contributed by atoms with Gasteiger partial charge < -0.3 is 10.6 Å². The minimum absolute atomic E-state index is 0.0643. The summed E-state index contributed by atoms with van der Waals surface area (Å²) < 4.78 is 0. The fourth-order valence-electron chi connectivity index (χ4n) is 3.08. The number of hydrogen-bond donors (Lipinski definition) is 2. The standard InChI is InChI=1S/C14H20N4O2S/c1-2-15-12-16-8-10(21-12)9-18-11(19)14(17-13(18)20)6-4-3-5-7-14/h8H,2-7,9H2,1H3,(H,15,16)(H,17,20). The van der Waals surface area contributed by atoms with Gasteiger partial charge in [-0.25, -0.2) is 9.78 Å². The number of nitrogens with one attached hydrogen (secondary N) is 2. The molecule has 1 aliphatic carbocycles. The molecule has 3 rings (SSSR count). The summed E-state index contributed by atoms with van der Waals surface area (Å²) in [6.07, 6.45) is 6.41. The SMILES string of the molecule is CCNc1ncc(CN2C(=O)NC3(CCCCC3)C2=O)s1. The van der Waals surface area contributed by atoms with Crippen molar-refractivity contribution >= 4 is 28.4 Å². The Labute approximate surface area is 127 Å². The lowest BCUT2D eigenvalue weighted by Gasteiger charge is -2.30. The summed E-state index contributed by atoms with van der Waals surface area (Å²) in [7, 11) is 0. The molecule has 0 aromatic carbocycles. The van der Waals surface area contributed by atoms with Gasteiger partial charge in [0.2, 0.25) is 0 Å². The summed E-state index contributed by atoms with van der Waals surface area (Å²) in [5.74, 6) is -0.0643. The first kappa shape index (κ1) is 14.3. The highest BCUT2D eigenvalue weighted by Crippen LogP contribution is 2.34. The fraction of sp³-hybridized carbons (Fsp3) is 0.643. The van der Waals surface area contributed by atoms with E-state index in [1.54, 1.807) is 6.20 Å². The molecular weight excluding hydrogens is 288 g/mol. The Morgan fingerprint density at radius 2 is 2.14 bits per heavy atom. The van der Waals surface area contributed by atoms with Gasteiger partial charge in [0.25, 0.3) is 5.91 Å². The van der Waals surface area contributed by atoms with Gasteiger partial charge >= 0.3 is 6.03 Å². The molecule has 1 saturated heterocycles. The summed E-state index contributed by atoms with van der Waals surface area (Å²) in [5, 5.41) is 6.89. The van der Waals surface area contributed by atoms with E-state index < -0.39 is 5.54 Å². The first-order valence-electron chi connectivity index (χ1n) is 7.47. The number of hydrogen-bond acceptors (Lipinski definition) is 5. The number of imide groups is 1. The van der Waals surface area contributed by atoms with Crippen LogP contribution in [0.25, 0.3) is 0 Å². The molecule has 0 bridgehead atoms. The van der Waals surface area contributed by atoms with E-state index in [0.29, 0.717) is 6.54 Å². The van der Waals surface area contributed by atoms with Crippen molar-refractivity contribution in [2.24, 2.45) is 0 Å². The monoisotopic (exact) mass is 308 g/mol. The third-order valence-electron chi connectivity index (χ3n) is 4.15. The zero-order valence-electron chi connectivity index (χ0n) is 12.1. The van der Waals surface area contributed by atoms with Gasteiger partial charge in [-0.05, 0) is 19.8 Å². The van der Waals surface area contributed by atoms with E-state index in [1.807, 2.05) is 6.92 Å². The van der Waals surface area contributed by atoms with Crippen molar-refractivity contribution in [3.8, 4) is 0 Å². The molecule has 2 heterocycles.